The highest BCUT2D eigenvalue weighted by molar-refractivity contribution is 5.71. The molecule has 0 saturated carbocycles. The molecule has 1 aromatic carbocycles. The zero-order valence-corrected chi connectivity index (χ0v) is 8.97. The number of hydrogen-bond donors (Lipinski definition) is 1. The quantitative estimate of drug-likeness (QED) is 0.869. The lowest BCUT2D eigenvalue weighted by Crippen LogP contribution is -2.19. The fraction of sp³-hybridized carbons (Fsp3) is 0.300. The minimum Gasteiger partial charge on any atom is -0.481 e. The van der Waals surface area contributed by atoms with Gasteiger partial charge >= 0.3 is 18.5 Å². The van der Waals surface area contributed by atoms with Gasteiger partial charge in [-0.05, 0) is 12.1 Å². The topological polar surface area (TPSA) is 46.5 Å². The minimum atomic E-state index is -5.21. The number of hydrogen-bond acceptors (Lipinski definition) is 2. The van der Waals surface area contributed by atoms with E-state index in [1.54, 1.807) is 0 Å². The molecule has 9 heteroatoms. The monoisotopic (exact) mass is 288 g/mol. The molecule has 19 heavy (non-hydrogen) atoms. The van der Waals surface area contributed by atoms with Gasteiger partial charge in [0.25, 0.3) is 0 Å². The van der Waals surface area contributed by atoms with E-state index < -0.39 is 41.8 Å². The zero-order chi connectivity index (χ0) is 14.8. The number of rotatable bonds is 3. The van der Waals surface area contributed by atoms with Crippen molar-refractivity contribution in [2.45, 2.75) is 19.0 Å². The van der Waals surface area contributed by atoms with Gasteiger partial charge < -0.3 is 9.84 Å². The number of aliphatic carboxylic acids is 1. The van der Waals surface area contributed by atoms with Gasteiger partial charge in [0.1, 0.15) is 5.75 Å². The normalized spacial score (nSPS) is 12.3. The first-order chi connectivity index (χ1) is 8.49. The molecule has 0 bridgehead atoms. The molecule has 0 amide bonds. The maximum Gasteiger partial charge on any atom is 0.573 e. The van der Waals surface area contributed by atoms with Gasteiger partial charge in [-0.25, -0.2) is 0 Å². The predicted molar refractivity (Wildman–Crippen MR) is 49.5 cm³/mol. The molecule has 0 unspecified atom stereocenters. The van der Waals surface area contributed by atoms with Crippen LogP contribution in [0.2, 0.25) is 0 Å². The van der Waals surface area contributed by atoms with Crippen molar-refractivity contribution in [1.82, 2.24) is 0 Å². The Bertz CT molecular complexity index is 477. The Hall–Kier alpha value is -1.93. The lowest BCUT2D eigenvalue weighted by Gasteiger charge is -2.15. The number of alkyl halides is 6. The highest BCUT2D eigenvalue weighted by atomic mass is 19.4. The predicted octanol–water partition coefficient (Wildman–Crippen LogP) is 3.23. The van der Waals surface area contributed by atoms with Crippen molar-refractivity contribution in [2.24, 2.45) is 0 Å². The fourth-order valence-corrected chi connectivity index (χ4v) is 1.26. The largest absolute Gasteiger partial charge is 0.573 e. The molecular formula is C10H6F6O3. The molecule has 0 aliphatic carbocycles. The van der Waals surface area contributed by atoms with Crippen LogP contribution in [0.1, 0.15) is 11.1 Å². The lowest BCUT2D eigenvalue weighted by molar-refractivity contribution is -0.275. The van der Waals surface area contributed by atoms with Crippen molar-refractivity contribution in [2.75, 3.05) is 0 Å². The van der Waals surface area contributed by atoms with E-state index in [1.165, 1.54) is 0 Å². The SMILES string of the molecule is O=C(O)Cc1ccc(C(F)(F)F)cc1OC(F)(F)F. The van der Waals surface area contributed by atoms with E-state index in [0.717, 1.165) is 0 Å². The van der Waals surface area contributed by atoms with Crippen molar-refractivity contribution in [3.63, 3.8) is 0 Å². The van der Waals surface area contributed by atoms with E-state index in [-0.39, 0.29) is 6.07 Å². The van der Waals surface area contributed by atoms with Crippen molar-refractivity contribution in [3.8, 4) is 5.75 Å². The molecule has 0 heterocycles. The van der Waals surface area contributed by atoms with Gasteiger partial charge in [-0.2, -0.15) is 13.2 Å². The van der Waals surface area contributed by atoms with E-state index in [2.05, 4.69) is 4.74 Å². The first-order valence-electron chi connectivity index (χ1n) is 4.67. The summed E-state index contributed by atoms with van der Waals surface area (Å²) in [4.78, 5) is 10.4. The summed E-state index contributed by atoms with van der Waals surface area (Å²) in [6.07, 6.45) is -11.0. The molecule has 0 aromatic heterocycles. The molecule has 0 spiro atoms. The third kappa shape index (κ3) is 4.68. The summed E-state index contributed by atoms with van der Waals surface area (Å²) in [5, 5.41) is 8.46. The molecule has 3 nitrogen and oxygen atoms in total. The summed E-state index contributed by atoms with van der Waals surface area (Å²) in [5.74, 6) is -2.67. The Morgan fingerprint density at radius 1 is 1.16 bits per heavy atom. The molecule has 0 aliphatic heterocycles. The second-order valence-corrected chi connectivity index (χ2v) is 3.44. The highest BCUT2D eigenvalue weighted by Crippen LogP contribution is 2.35. The Labute approximate surface area is 102 Å². The fourth-order valence-electron chi connectivity index (χ4n) is 1.26. The van der Waals surface area contributed by atoms with Crippen molar-refractivity contribution < 1.29 is 41.0 Å². The smallest absolute Gasteiger partial charge is 0.481 e. The van der Waals surface area contributed by atoms with E-state index in [4.69, 9.17) is 5.11 Å². The van der Waals surface area contributed by atoms with Crippen LogP contribution in [-0.2, 0) is 17.4 Å². The van der Waals surface area contributed by atoms with Gasteiger partial charge in [0.15, 0.2) is 0 Å². The van der Waals surface area contributed by atoms with Gasteiger partial charge in [0.05, 0.1) is 12.0 Å². The average Bonchev–Trinajstić information content (AvgIpc) is 2.15. The second kappa shape index (κ2) is 4.98. The van der Waals surface area contributed by atoms with Crippen molar-refractivity contribution in [3.05, 3.63) is 29.3 Å². The van der Waals surface area contributed by atoms with E-state index in [0.29, 0.717) is 12.1 Å². The number of halogens is 6. The third-order valence-corrected chi connectivity index (χ3v) is 1.96. The molecule has 1 aromatic rings. The molecule has 1 rings (SSSR count). The van der Waals surface area contributed by atoms with Crippen LogP contribution in [-0.4, -0.2) is 17.4 Å². The molecule has 0 fully saturated rings. The van der Waals surface area contributed by atoms with Crippen LogP contribution < -0.4 is 4.74 Å². The molecule has 0 saturated heterocycles. The number of benzene rings is 1. The summed E-state index contributed by atoms with van der Waals surface area (Å²) < 4.78 is 76.5. The first kappa shape index (κ1) is 15.1. The van der Waals surface area contributed by atoms with Gasteiger partial charge in [0.2, 0.25) is 0 Å². The molecule has 0 atom stereocenters. The number of carboxylic acids is 1. The maximum atomic E-state index is 12.3. The van der Waals surface area contributed by atoms with Crippen LogP contribution in [0.4, 0.5) is 26.3 Å². The van der Waals surface area contributed by atoms with Crippen LogP contribution in [0.3, 0.4) is 0 Å². The van der Waals surface area contributed by atoms with Gasteiger partial charge in [-0.1, -0.05) is 6.07 Å². The first-order valence-corrected chi connectivity index (χ1v) is 4.67. The van der Waals surface area contributed by atoms with Crippen LogP contribution in [0.15, 0.2) is 18.2 Å². The Morgan fingerprint density at radius 3 is 2.16 bits per heavy atom. The van der Waals surface area contributed by atoms with Gasteiger partial charge in [-0.3, -0.25) is 4.79 Å². The third-order valence-electron chi connectivity index (χ3n) is 1.96. The average molecular weight is 288 g/mol. The van der Waals surface area contributed by atoms with Crippen LogP contribution in [0, 0.1) is 0 Å². The van der Waals surface area contributed by atoms with Crippen LogP contribution in [0.5, 0.6) is 5.75 Å². The van der Waals surface area contributed by atoms with Gasteiger partial charge in [0, 0.05) is 5.56 Å². The van der Waals surface area contributed by atoms with E-state index >= 15 is 0 Å². The molecule has 0 radical (unpaired) electrons. The summed E-state index contributed by atoms with van der Waals surface area (Å²) in [5.41, 5.74) is -1.86. The number of carbonyl (C=O) groups is 1. The van der Waals surface area contributed by atoms with Crippen molar-refractivity contribution in [1.29, 1.82) is 0 Å². The van der Waals surface area contributed by atoms with Crippen LogP contribution in [0.25, 0.3) is 0 Å². The molecular weight excluding hydrogens is 282 g/mol. The van der Waals surface area contributed by atoms with Crippen LogP contribution >= 0.6 is 0 Å². The second-order valence-electron chi connectivity index (χ2n) is 3.44. The molecule has 1 N–H and O–H groups in total. The highest BCUT2D eigenvalue weighted by Gasteiger charge is 2.35. The minimum absolute atomic E-state index is 0.117. The summed E-state index contributed by atoms with van der Waals surface area (Å²) in [7, 11) is 0. The Balaban J connectivity index is 3.22. The van der Waals surface area contributed by atoms with Gasteiger partial charge in [-0.15, -0.1) is 13.2 Å². The standard InChI is InChI=1S/C10H6F6O3/c11-9(12,13)6-2-1-5(3-8(17)18)7(4-6)19-10(14,15)16/h1-2,4H,3H2,(H,17,18). The lowest BCUT2D eigenvalue weighted by atomic mass is 10.1. The molecule has 0 aliphatic rings. The van der Waals surface area contributed by atoms with Crippen molar-refractivity contribution >= 4 is 5.97 Å². The molecule has 106 valence electrons. The van der Waals surface area contributed by atoms with E-state index in [9.17, 15) is 31.1 Å². The summed E-state index contributed by atoms with van der Waals surface area (Å²) in [6.45, 7) is 0. The Morgan fingerprint density at radius 2 is 1.74 bits per heavy atom. The van der Waals surface area contributed by atoms with E-state index in [1.807, 2.05) is 0 Å². The zero-order valence-electron chi connectivity index (χ0n) is 8.97. The summed E-state index contributed by atoms with van der Waals surface area (Å²) >= 11 is 0. The summed E-state index contributed by atoms with van der Waals surface area (Å²) in [6, 6.07) is 1.24. The number of carboxylic acid groups (broad SMARTS) is 1. The number of ether oxygens (including phenoxy) is 1. The Kier molecular flexibility index (Phi) is 3.97. The maximum absolute atomic E-state index is 12.3.